The highest BCUT2D eigenvalue weighted by atomic mass is 16.5. The number of ether oxygens (including phenoxy) is 1. The molecular formula is C15H22N2O2. The minimum atomic E-state index is -0.0342. The Balaban J connectivity index is 1.86. The van der Waals surface area contributed by atoms with Crippen LogP contribution in [0.5, 0.6) is 0 Å². The van der Waals surface area contributed by atoms with Crippen molar-refractivity contribution < 1.29 is 9.53 Å². The smallest absolute Gasteiger partial charge is 0.251 e. The van der Waals surface area contributed by atoms with E-state index < -0.39 is 0 Å². The first-order valence-corrected chi connectivity index (χ1v) is 6.98. The van der Waals surface area contributed by atoms with E-state index in [1.54, 1.807) is 0 Å². The van der Waals surface area contributed by atoms with E-state index in [2.05, 4.69) is 5.32 Å². The summed E-state index contributed by atoms with van der Waals surface area (Å²) < 4.78 is 5.60. The fraction of sp³-hybridized carbons (Fsp3) is 0.533. The molecule has 1 aromatic rings. The van der Waals surface area contributed by atoms with Gasteiger partial charge in [0.15, 0.2) is 0 Å². The lowest BCUT2D eigenvalue weighted by molar-refractivity contribution is 0.0169. The van der Waals surface area contributed by atoms with Crippen molar-refractivity contribution in [1.82, 2.24) is 5.32 Å². The van der Waals surface area contributed by atoms with Gasteiger partial charge in [0, 0.05) is 18.7 Å². The van der Waals surface area contributed by atoms with Crippen LogP contribution >= 0.6 is 0 Å². The number of amides is 1. The Morgan fingerprint density at radius 2 is 2.32 bits per heavy atom. The summed E-state index contributed by atoms with van der Waals surface area (Å²) in [6.07, 6.45) is 4.32. The number of hydrogen-bond acceptors (Lipinski definition) is 3. The highest BCUT2D eigenvalue weighted by Crippen LogP contribution is 2.12. The predicted molar refractivity (Wildman–Crippen MR) is 75.1 cm³/mol. The van der Waals surface area contributed by atoms with Gasteiger partial charge in [0.05, 0.1) is 6.10 Å². The first kappa shape index (κ1) is 14.0. The molecular weight excluding hydrogens is 240 g/mol. The molecule has 2 rings (SSSR count). The van der Waals surface area contributed by atoms with Gasteiger partial charge in [-0.25, -0.2) is 0 Å². The summed E-state index contributed by atoms with van der Waals surface area (Å²) in [5.41, 5.74) is 7.32. The Labute approximate surface area is 114 Å². The second kappa shape index (κ2) is 7.26. The van der Waals surface area contributed by atoms with Crippen LogP contribution in [0.2, 0.25) is 0 Å². The van der Waals surface area contributed by atoms with Crippen LogP contribution in [-0.2, 0) is 11.2 Å². The van der Waals surface area contributed by atoms with E-state index in [4.69, 9.17) is 10.5 Å². The van der Waals surface area contributed by atoms with Crippen molar-refractivity contribution in [3.8, 4) is 0 Å². The quantitative estimate of drug-likeness (QED) is 0.845. The molecule has 0 radical (unpaired) electrons. The van der Waals surface area contributed by atoms with Crippen LogP contribution < -0.4 is 11.1 Å². The van der Waals surface area contributed by atoms with Gasteiger partial charge in [0.2, 0.25) is 0 Å². The largest absolute Gasteiger partial charge is 0.376 e. The highest BCUT2D eigenvalue weighted by molar-refractivity contribution is 5.94. The third kappa shape index (κ3) is 4.33. The van der Waals surface area contributed by atoms with Crippen molar-refractivity contribution in [2.45, 2.75) is 31.8 Å². The molecule has 0 saturated carbocycles. The fourth-order valence-electron chi connectivity index (χ4n) is 2.31. The lowest BCUT2D eigenvalue weighted by Crippen LogP contribution is -2.35. The molecule has 0 bridgehead atoms. The minimum absolute atomic E-state index is 0.0342. The zero-order valence-electron chi connectivity index (χ0n) is 11.2. The number of carbonyl (C=O) groups is 1. The van der Waals surface area contributed by atoms with Crippen molar-refractivity contribution in [1.29, 1.82) is 0 Å². The Kier molecular flexibility index (Phi) is 5.36. The van der Waals surface area contributed by atoms with Gasteiger partial charge in [0.1, 0.15) is 0 Å². The summed E-state index contributed by atoms with van der Waals surface area (Å²) >= 11 is 0. The number of hydrogen-bond donors (Lipinski definition) is 2. The van der Waals surface area contributed by atoms with Crippen LogP contribution in [0.3, 0.4) is 0 Å². The fourth-order valence-corrected chi connectivity index (χ4v) is 2.31. The monoisotopic (exact) mass is 262 g/mol. The SMILES string of the molecule is NCCc1cccc(C(=O)NCC2CCCCO2)c1. The third-order valence-corrected chi connectivity index (χ3v) is 3.39. The van der Waals surface area contributed by atoms with Gasteiger partial charge < -0.3 is 15.8 Å². The lowest BCUT2D eigenvalue weighted by atomic mass is 10.1. The maximum atomic E-state index is 12.0. The maximum Gasteiger partial charge on any atom is 0.251 e. The summed E-state index contributed by atoms with van der Waals surface area (Å²) in [4.78, 5) is 12.0. The normalized spacial score (nSPS) is 19.1. The van der Waals surface area contributed by atoms with Gasteiger partial charge in [-0.1, -0.05) is 12.1 Å². The van der Waals surface area contributed by atoms with Crippen LogP contribution in [0.1, 0.15) is 35.2 Å². The van der Waals surface area contributed by atoms with Crippen LogP contribution in [-0.4, -0.2) is 31.7 Å². The number of carbonyl (C=O) groups excluding carboxylic acids is 1. The molecule has 1 atom stereocenters. The number of benzene rings is 1. The van der Waals surface area contributed by atoms with Crippen molar-refractivity contribution in [3.05, 3.63) is 35.4 Å². The van der Waals surface area contributed by atoms with E-state index in [0.717, 1.165) is 31.4 Å². The van der Waals surface area contributed by atoms with Gasteiger partial charge in [-0.05, 0) is 49.9 Å². The van der Waals surface area contributed by atoms with Crippen molar-refractivity contribution in [2.24, 2.45) is 5.73 Å². The maximum absolute atomic E-state index is 12.0. The average Bonchev–Trinajstić information content (AvgIpc) is 2.46. The lowest BCUT2D eigenvalue weighted by Gasteiger charge is -2.22. The van der Waals surface area contributed by atoms with Crippen LogP contribution in [0.25, 0.3) is 0 Å². The summed E-state index contributed by atoms with van der Waals surface area (Å²) in [5, 5.41) is 2.94. The molecule has 3 N–H and O–H groups in total. The van der Waals surface area contributed by atoms with Crippen LogP contribution in [0, 0.1) is 0 Å². The average molecular weight is 262 g/mol. The van der Waals surface area contributed by atoms with E-state index in [-0.39, 0.29) is 12.0 Å². The van der Waals surface area contributed by atoms with E-state index in [1.165, 1.54) is 6.42 Å². The zero-order valence-corrected chi connectivity index (χ0v) is 11.2. The van der Waals surface area contributed by atoms with E-state index >= 15 is 0 Å². The molecule has 19 heavy (non-hydrogen) atoms. The molecule has 1 heterocycles. The van der Waals surface area contributed by atoms with Gasteiger partial charge >= 0.3 is 0 Å². The first-order valence-electron chi connectivity index (χ1n) is 6.98. The standard InChI is InChI=1S/C15H22N2O2/c16-8-7-12-4-3-5-13(10-12)15(18)17-11-14-6-1-2-9-19-14/h3-5,10,14H,1-2,6-9,11,16H2,(H,17,18). The zero-order chi connectivity index (χ0) is 13.5. The second-order valence-corrected chi connectivity index (χ2v) is 4.94. The molecule has 0 aromatic heterocycles. The molecule has 4 nitrogen and oxygen atoms in total. The van der Waals surface area contributed by atoms with Crippen LogP contribution in [0.15, 0.2) is 24.3 Å². The number of rotatable bonds is 5. The molecule has 1 fully saturated rings. The van der Waals surface area contributed by atoms with Gasteiger partial charge in [-0.2, -0.15) is 0 Å². The molecule has 104 valence electrons. The van der Waals surface area contributed by atoms with Crippen molar-refractivity contribution in [3.63, 3.8) is 0 Å². The molecule has 1 aliphatic rings. The molecule has 4 heteroatoms. The second-order valence-electron chi connectivity index (χ2n) is 4.94. The highest BCUT2D eigenvalue weighted by Gasteiger charge is 2.15. The molecule has 1 amide bonds. The van der Waals surface area contributed by atoms with E-state index in [1.807, 2.05) is 24.3 Å². The molecule has 1 aromatic carbocycles. The Morgan fingerprint density at radius 1 is 1.42 bits per heavy atom. The van der Waals surface area contributed by atoms with Crippen LogP contribution in [0.4, 0.5) is 0 Å². The first-order chi connectivity index (χ1) is 9.29. The molecule has 1 saturated heterocycles. The molecule has 0 spiro atoms. The Bertz CT molecular complexity index is 414. The van der Waals surface area contributed by atoms with Gasteiger partial charge in [-0.15, -0.1) is 0 Å². The number of nitrogens with one attached hydrogen (secondary N) is 1. The third-order valence-electron chi connectivity index (χ3n) is 3.39. The van der Waals surface area contributed by atoms with Crippen molar-refractivity contribution >= 4 is 5.91 Å². The summed E-state index contributed by atoms with van der Waals surface area (Å²) in [6, 6.07) is 7.63. The predicted octanol–water partition coefficient (Wildman–Crippen LogP) is 1.49. The Hall–Kier alpha value is -1.39. The molecule has 1 unspecified atom stereocenters. The number of nitrogens with two attached hydrogens (primary N) is 1. The van der Waals surface area contributed by atoms with E-state index in [0.29, 0.717) is 18.7 Å². The summed E-state index contributed by atoms with van der Waals surface area (Å²) in [7, 11) is 0. The van der Waals surface area contributed by atoms with Crippen molar-refractivity contribution in [2.75, 3.05) is 19.7 Å². The van der Waals surface area contributed by atoms with Gasteiger partial charge in [-0.3, -0.25) is 4.79 Å². The van der Waals surface area contributed by atoms with Gasteiger partial charge in [0.25, 0.3) is 5.91 Å². The summed E-state index contributed by atoms with van der Waals surface area (Å²) in [5.74, 6) is -0.0342. The molecule has 1 aliphatic heterocycles. The summed E-state index contributed by atoms with van der Waals surface area (Å²) in [6.45, 7) is 2.01. The molecule has 0 aliphatic carbocycles. The Morgan fingerprint density at radius 3 is 3.05 bits per heavy atom. The minimum Gasteiger partial charge on any atom is -0.376 e. The topological polar surface area (TPSA) is 64.4 Å². The van der Waals surface area contributed by atoms with E-state index in [9.17, 15) is 4.79 Å².